The number of benzene rings is 3. The van der Waals surface area contributed by atoms with Crippen LogP contribution in [0.1, 0.15) is 25.3 Å². The van der Waals surface area contributed by atoms with Crippen LogP contribution in [0.25, 0.3) is 22.3 Å². The molecule has 0 atom stereocenters. The quantitative estimate of drug-likeness (QED) is 0.494. The molecular weight excluding hydrogens is 302 g/mol. The van der Waals surface area contributed by atoms with Crippen molar-refractivity contribution >= 4 is 0 Å². The minimum Gasteiger partial charge on any atom is -0.207 e. The first-order chi connectivity index (χ1) is 11.7. The first kappa shape index (κ1) is 16.4. The molecule has 24 heavy (non-hydrogen) atoms. The fourth-order valence-corrected chi connectivity index (χ4v) is 2.90. The van der Waals surface area contributed by atoms with Crippen molar-refractivity contribution in [1.82, 2.24) is 0 Å². The summed E-state index contributed by atoms with van der Waals surface area (Å²) in [7, 11) is 0. The van der Waals surface area contributed by atoms with Gasteiger partial charge < -0.3 is 0 Å². The Morgan fingerprint density at radius 3 is 2.21 bits per heavy atom. The molecule has 0 N–H and O–H groups in total. The van der Waals surface area contributed by atoms with E-state index in [1.165, 1.54) is 23.8 Å². The summed E-state index contributed by atoms with van der Waals surface area (Å²) in [4.78, 5) is 0. The zero-order chi connectivity index (χ0) is 16.9. The highest BCUT2D eigenvalue weighted by Crippen LogP contribution is 2.34. The fraction of sp³-hybridized carbons (Fsp3) is 0.182. The molecule has 3 aromatic carbocycles. The van der Waals surface area contributed by atoms with Gasteiger partial charge in [0.2, 0.25) is 0 Å². The van der Waals surface area contributed by atoms with E-state index in [2.05, 4.69) is 19.1 Å². The largest absolute Gasteiger partial charge is 0.207 e. The van der Waals surface area contributed by atoms with Crippen LogP contribution in [0.5, 0.6) is 0 Å². The van der Waals surface area contributed by atoms with E-state index in [1.807, 2.05) is 12.1 Å². The van der Waals surface area contributed by atoms with E-state index in [1.54, 1.807) is 24.3 Å². The van der Waals surface area contributed by atoms with Crippen LogP contribution in [-0.2, 0) is 6.42 Å². The Kier molecular flexibility index (Phi) is 5.05. The maximum atomic E-state index is 14.2. The molecule has 0 aliphatic carbocycles. The molecule has 3 rings (SSSR count). The normalized spacial score (nSPS) is 10.8. The Labute approximate surface area is 141 Å². The smallest absolute Gasteiger partial charge is 0.131 e. The molecule has 0 saturated carbocycles. The molecule has 0 nitrogen and oxygen atoms in total. The topological polar surface area (TPSA) is 0 Å². The molecule has 3 aromatic rings. The van der Waals surface area contributed by atoms with Crippen LogP contribution < -0.4 is 0 Å². The molecule has 0 saturated heterocycles. The van der Waals surface area contributed by atoms with Crippen molar-refractivity contribution in [3.05, 3.63) is 83.9 Å². The Hall–Kier alpha value is -2.48. The van der Waals surface area contributed by atoms with Crippen molar-refractivity contribution in [3.8, 4) is 22.3 Å². The van der Waals surface area contributed by atoms with E-state index in [0.717, 1.165) is 24.8 Å². The average Bonchev–Trinajstić information content (AvgIpc) is 2.61. The first-order valence-corrected chi connectivity index (χ1v) is 8.33. The molecule has 0 unspecified atom stereocenters. The van der Waals surface area contributed by atoms with Crippen LogP contribution in [0.2, 0.25) is 0 Å². The van der Waals surface area contributed by atoms with Gasteiger partial charge in [0.05, 0.1) is 0 Å². The third kappa shape index (κ3) is 3.53. The van der Waals surface area contributed by atoms with Crippen molar-refractivity contribution in [3.63, 3.8) is 0 Å². The summed E-state index contributed by atoms with van der Waals surface area (Å²) in [6.45, 7) is 2.17. The summed E-state index contributed by atoms with van der Waals surface area (Å²) >= 11 is 0. The molecular formula is C22H20F2. The lowest BCUT2D eigenvalue weighted by Gasteiger charge is -2.12. The Morgan fingerprint density at radius 2 is 1.50 bits per heavy atom. The SMILES string of the molecule is CCCCc1ccc(-c2cc(F)ccc2-c2ccccc2F)cc1. The third-order valence-electron chi connectivity index (χ3n) is 4.23. The van der Waals surface area contributed by atoms with E-state index in [0.29, 0.717) is 16.7 Å². The second-order valence-corrected chi connectivity index (χ2v) is 5.97. The minimum atomic E-state index is -0.319. The Balaban J connectivity index is 2.04. The van der Waals surface area contributed by atoms with E-state index in [-0.39, 0.29) is 11.6 Å². The molecule has 0 heterocycles. The van der Waals surface area contributed by atoms with Crippen LogP contribution in [0.4, 0.5) is 8.78 Å². The average molecular weight is 322 g/mol. The van der Waals surface area contributed by atoms with Gasteiger partial charge in [-0.15, -0.1) is 0 Å². The number of hydrogen-bond donors (Lipinski definition) is 0. The van der Waals surface area contributed by atoms with Gasteiger partial charge in [-0.3, -0.25) is 0 Å². The van der Waals surface area contributed by atoms with E-state index >= 15 is 0 Å². The first-order valence-electron chi connectivity index (χ1n) is 8.33. The number of halogens is 2. The van der Waals surface area contributed by atoms with Crippen LogP contribution in [-0.4, -0.2) is 0 Å². The van der Waals surface area contributed by atoms with Gasteiger partial charge in [-0.25, -0.2) is 8.78 Å². The molecule has 0 bridgehead atoms. The number of hydrogen-bond acceptors (Lipinski definition) is 0. The number of unbranched alkanes of at least 4 members (excludes halogenated alkanes) is 1. The van der Waals surface area contributed by atoms with Crippen LogP contribution >= 0.6 is 0 Å². The number of aryl methyl sites for hydroxylation is 1. The van der Waals surface area contributed by atoms with Crippen molar-refractivity contribution in [1.29, 1.82) is 0 Å². The summed E-state index contributed by atoms with van der Waals surface area (Å²) in [5.74, 6) is -0.620. The highest BCUT2D eigenvalue weighted by molar-refractivity contribution is 5.83. The van der Waals surface area contributed by atoms with Crippen molar-refractivity contribution in [2.24, 2.45) is 0 Å². The molecule has 2 heteroatoms. The van der Waals surface area contributed by atoms with E-state index < -0.39 is 0 Å². The fourth-order valence-electron chi connectivity index (χ4n) is 2.90. The van der Waals surface area contributed by atoms with Crippen LogP contribution in [0.3, 0.4) is 0 Å². The van der Waals surface area contributed by atoms with E-state index in [9.17, 15) is 8.78 Å². The van der Waals surface area contributed by atoms with E-state index in [4.69, 9.17) is 0 Å². The van der Waals surface area contributed by atoms with Gasteiger partial charge in [0.25, 0.3) is 0 Å². The standard InChI is InChI=1S/C22H20F2/c1-2-3-6-16-9-11-17(12-10-16)21-15-18(23)13-14-19(21)20-7-4-5-8-22(20)24/h4-5,7-15H,2-3,6H2,1H3. The third-order valence-corrected chi connectivity index (χ3v) is 4.23. The lowest BCUT2D eigenvalue weighted by atomic mass is 9.93. The monoisotopic (exact) mass is 322 g/mol. The second kappa shape index (κ2) is 7.39. The highest BCUT2D eigenvalue weighted by Gasteiger charge is 2.12. The Morgan fingerprint density at radius 1 is 0.750 bits per heavy atom. The molecule has 0 spiro atoms. The van der Waals surface area contributed by atoms with Crippen LogP contribution in [0, 0.1) is 11.6 Å². The van der Waals surface area contributed by atoms with Crippen molar-refractivity contribution in [2.75, 3.05) is 0 Å². The molecule has 0 aliphatic heterocycles. The molecule has 0 radical (unpaired) electrons. The van der Waals surface area contributed by atoms with Crippen molar-refractivity contribution in [2.45, 2.75) is 26.2 Å². The summed E-state index contributed by atoms with van der Waals surface area (Å²) in [5, 5.41) is 0. The van der Waals surface area contributed by atoms with Crippen LogP contribution in [0.15, 0.2) is 66.7 Å². The summed E-state index contributed by atoms with van der Waals surface area (Å²) in [6, 6.07) is 19.2. The summed E-state index contributed by atoms with van der Waals surface area (Å²) < 4.78 is 28.0. The molecule has 0 aromatic heterocycles. The lowest BCUT2D eigenvalue weighted by Crippen LogP contribution is -1.91. The van der Waals surface area contributed by atoms with Gasteiger partial charge in [0.15, 0.2) is 0 Å². The summed E-state index contributed by atoms with van der Waals surface area (Å²) in [5.41, 5.74) is 4.07. The molecule has 0 amide bonds. The second-order valence-electron chi connectivity index (χ2n) is 5.97. The van der Waals surface area contributed by atoms with Gasteiger partial charge in [0, 0.05) is 5.56 Å². The molecule has 0 aliphatic rings. The highest BCUT2D eigenvalue weighted by atomic mass is 19.1. The summed E-state index contributed by atoms with van der Waals surface area (Å²) in [6.07, 6.45) is 3.35. The van der Waals surface area contributed by atoms with Gasteiger partial charge in [0.1, 0.15) is 11.6 Å². The van der Waals surface area contributed by atoms with Gasteiger partial charge in [-0.2, -0.15) is 0 Å². The molecule has 0 fully saturated rings. The zero-order valence-electron chi connectivity index (χ0n) is 13.7. The predicted octanol–water partition coefficient (Wildman–Crippen LogP) is 6.64. The minimum absolute atomic E-state index is 0.301. The predicted molar refractivity (Wildman–Crippen MR) is 95.8 cm³/mol. The molecule has 122 valence electrons. The van der Waals surface area contributed by atoms with Crippen molar-refractivity contribution < 1.29 is 8.78 Å². The Bertz CT molecular complexity index is 820. The van der Waals surface area contributed by atoms with Gasteiger partial charge in [-0.1, -0.05) is 61.9 Å². The maximum Gasteiger partial charge on any atom is 0.131 e. The maximum absolute atomic E-state index is 14.2. The lowest BCUT2D eigenvalue weighted by molar-refractivity contribution is 0.626. The number of rotatable bonds is 5. The zero-order valence-corrected chi connectivity index (χ0v) is 13.7. The van der Waals surface area contributed by atoms with Gasteiger partial charge in [-0.05, 0) is 53.3 Å². The van der Waals surface area contributed by atoms with Gasteiger partial charge >= 0.3 is 0 Å².